The Bertz CT molecular complexity index is 910. The van der Waals surface area contributed by atoms with Gasteiger partial charge in [-0.2, -0.15) is 0 Å². The van der Waals surface area contributed by atoms with Crippen molar-refractivity contribution in [2.75, 3.05) is 14.2 Å². The molecule has 3 rings (SSSR count). The van der Waals surface area contributed by atoms with Crippen LogP contribution in [0, 0.1) is 10.8 Å². The van der Waals surface area contributed by atoms with Crippen LogP contribution in [0.25, 0.3) is 0 Å². The van der Waals surface area contributed by atoms with Crippen LogP contribution in [0.2, 0.25) is 0 Å². The summed E-state index contributed by atoms with van der Waals surface area (Å²) in [5, 5.41) is 0. The van der Waals surface area contributed by atoms with E-state index in [1.807, 2.05) is 48.5 Å². The lowest BCUT2D eigenvalue weighted by Gasteiger charge is -2.43. The third-order valence-electron chi connectivity index (χ3n) is 5.63. The Morgan fingerprint density at radius 3 is 1.57 bits per heavy atom. The van der Waals surface area contributed by atoms with Crippen molar-refractivity contribution in [1.29, 1.82) is 0 Å². The normalized spacial score (nSPS) is 27.1. The number of benzene rings is 2. The summed E-state index contributed by atoms with van der Waals surface area (Å²) in [6.45, 7) is 12.8. The van der Waals surface area contributed by atoms with Crippen LogP contribution < -0.4 is 9.47 Å². The molecule has 0 aliphatic carbocycles. The van der Waals surface area contributed by atoms with Crippen molar-refractivity contribution in [2.24, 2.45) is 10.8 Å². The molecule has 1 unspecified atom stereocenters. The highest BCUT2D eigenvalue weighted by Crippen LogP contribution is 2.70. The first kappa shape index (κ1) is 23.2. The van der Waals surface area contributed by atoms with Crippen LogP contribution in [0.5, 0.6) is 11.5 Å². The number of rotatable bonds is 4. The molecule has 30 heavy (non-hydrogen) atoms. The van der Waals surface area contributed by atoms with Gasteiger partial charge in [0.15, 0.2) is 16.0 Å². The lowest BCUT2D eigenvalue weighted by molar-refractivity contribution is 0.0695. The smallest absolute Gasteiger partial charge is 0.179 e. The Kier molecular flexibility index (Phi) is 6.09. The van der Waals surface area contributed by atoms with Crippen molar-refractivity contribution < 1.29 is 17.9 Å². The van der Waals surface area contributed by atoms with Crippen molar-refractivity contribution in [1.82, 2.24) is 0 Å². The molecule has 0 N–H and O–H groups in total. The molecule has 6 heteroatoms. The minimum absolute atomic E-state index is 0.318. The monoisotopic (exact) mass is 448 g/mol. The van der Waals surface area contributed by atoms with Gasteiger partial charge in [0.05, 0.1) is 14.2 Å². The number of hydrogen-bond acceptors (Lipinski definition) is 5. The average molecular weight is 449 g/mol. The minimum Gasteiger partial charge on any atom is -0.497 e. The molecule has 1 saturated heterocycles. The maximum atomic E-state index is 13.9. The quantitative estimate of drug-likeness (QED) is 0.555. The first-order valence-electron chi connectivity index (χ1n) is 10.0. The van der Waals surface area contributed by atoms with Gasteiger partial charge >= 0.3 is 0 Å². The van der Waals surface area contributed by atoms with Gasteiger partial charge in [0.2, 0.25) is 0 Å². The molecular weight excluding hydrogens is 416 g/mol. The van der Waals surface area contributed by atoms with E-state index in [0.29, 0.717) is 0 Å². The lowest BCUT2D eigenvalue weighted by atomic mass is 9.83. The molecule has 2 aromatic carbocycles. The third kappa shape index (κ3) is 3.57. The first-order chi connectivity index (χ1) is 13.9. The highest BCUT2D eigenvalue weighted by atomic mass is 32.2. The van der Waals surface area contributed by atoms with Crippen LogP contribution in [-0.4, -0.2) is 18.4 Å². The van der Waals surface area contributed by atoms with Gasteiger partial charge in [-0.1, -0.05) is 77.6 Å². The third-order valence-corrected chi connectivity index (χ3v) is 10.5. The van der Waals surface area contributed by atoms with E-state index in [2.05, 4.69) is 41.5 Å². The molecule has 164 valence electrons. The highest BCUT2D eigenvalue weighted by Gasteiger charge is 2.66. The first-order valence-corrected chi connectivity index (χ1v) is 11.9. The fraction of sp³-hybridized carbons (Fsp3) is 0.500. The molecule has 2 aromatic rings. The zero-order chi connectivity index (χ0) is 22.4. The van der Waals surface area contributed by atoms with E-state index in [1.54, 1.807) is 26.0 Å². The van der Waals surface area contributed by atoms with E-state index in [9.17, 15) is 4.21 Å². The Labute approximate surface area is 187 Å². The molecule has 0 bridgehead atoms. The van der Waals surface area contributed by atoms with E-state index < -0.39 is 20.1 Å². The zero-order valence-corrected chi connectivity index (χ0v) is 20.7. The van der Waals surface area contributed by atoms with Crippen molar-refractivity contribution in [2.45, 2.75) is 50.6 Å². The maximum absolute atomic E-state index is 13.9. The standard InChI is InChI=1S/C24H32O4S2/c1-21(2,3)23(17-9-13-19(26-7)14-10-17)28-30(25)24(29-23,22(4,5)6)18-11-15-20(27-8)16-12-18/h9-16H,1-8H3/t23-,24-,30?/m1/s1. The van der Waals surface area contributed by atoms with Gasteiger partial charge in [-0.25, -0.2) is 4.21 Å². The van der Waals surface area contributed by atoms with Crippen LogP contribution >= 0.6 is 11.8 Å². The molecule has 1 heterocycles. The Hall–Kier alpha value is -1.50. The highest BCUT2D eigenvalue weighted by molar-refractivity contribution is 8.13. The summed E-state index contributed by atoms with van der Waals surface area (Å²) < 4.78 is 30.3. The van der Waals surface area contributed by atoms with Gasteiger partial charge in [0.25, 0.3) is 0 Å². The summed E-state index contributed by atoms with van der Waals surface area (Å²) >= 11 is 0.0758. The van der Waals surface area contributed by atoms with Crippen molar-refractivity contribution in [3.8, 4) is 11.5 Å². The predicted molar refractivity (Wildman–Crippen MR) is 125 cm³/mol. The summed E-state index contributed by atoms with van der Waals surface area (Å²) in [5.41, 5.74) is 1.30. The number of methoxy groups -OCH3 is 2. The van der Waals surface area contributed by atoms with E-state index >= 15 is 0 Å². The van der Waals surface area contributed by atoms with Crippen molar-refractivity contribution in [3.63, 3.8) is 0 Å². The average Bonchev–Trinajstić information content (AvgIpc) is 3.03. The van der Waals surface area contributed by atoms with Crippen LogP contribution in [0.3, 0.4) is 0 Å². The molecular formula is C24H32O4S2. The van der Waals surface area contributed by atoms with Crippen LogP contribution in [0.15, 0.2) is 48.5 Å². The second-order valence-corrected chi connectivity index (χ2v) is 12.5. The van der Waals surface area contributed by atoms with E-state index in [-0.39, 0.29) is 10.8 Å². The largest absolute Gasteiger partial charge is 0.497 e. The molecule has 0 aromatic heterocycles. The summed E-state index contributed by atoms with van der Waals surface area (Å²) in [7, 11) is 3.30. The molecule has 0 radical (unpaired) electrons. The SMILES string of the molecule is COc1ccc([C@@]2(C(C)(C)C)S[C@](c3ccc(OC)cc3)(C(C)(C)C)OS2=O)cc1. The van der Waals surface area contributed by atoms with Crippen LogP contribution in [0.4, 0.5) is 0 Å². The summed E-state index contributed by atoms with van der Waals surface area (Å²) in [6.07, 6.45) is 0. The van der Waals surface area contributed by atoms with E-state index in [1.165, 1.54) is 0 Å². The molecule has 0 amide bonds. The Morgan fingerprint density at radius 1 is 0.767 bits per heavy atom. The molecule has 3 atom stereocenters. The predicted octanol–water partition coefficient (Wildman–Crippen LogP) is 6.23. The maximum Gasteiger partial charge on any atom is 0.179 e. The van der Waals surface area contributed by atoms with Crippen molar-refractivity contribution in [3.05, 3.63) is 59.7 Å². The minimum atomic E-state index is -1.58. The zero-order valence-electron chi connectivity index (χ0n) is 19.1. The lowest BCUT2D eigenvalue weighted by Crippen LogP contribution is -2.40. The van der Waals surface area contributed by atoms with Gasteiger partial charge in [0.1, 0.15) is 15.6 Å². The molecule has 0 saturated carbocycles. The van der Waals surface area contributed by atoms with Gasteiger partial charge in [-0.15, -0.1) is 0 Å². The number of ether oxygens (including phenoxy) is 2. The van der Waals surface area contributed by atoms with E-state index in [4.69, 9.17) is 13.7 Å². The fourth-order valence-electron chi connectivity index (χ4n) is 3.85. The van der Waals surface area contributed by atoms with Crippen molar-refractivity contribution >= 4 is 22.8 Å². The summed E-state index contributed by atoms with van der Waals surface area (Å²) in [6, 6.07) is 15.7. The molecule has 4 nitrogen and oxygen atoms in total. The van der Waals surface area contributed by atoms with E-state index in [0.717, 1.165) is 22.6 Å². The molecule has 1 aliphatic rings. The second-order valence-electron chi connectivity index (χ2n) is 9.61. The molecule has 0 spiro atoms. The summed E-state index contributed by atoms with van der Waals surface area (Å²) in [4.78, 5) is -0.794. The Balaban J connectivity index is 2.22. The summed E-state index contributed by atoms with van der Waals surface area (Å²) in [5.74, 6) is 1.55. The topological polar surface area (TPSA) is 44.8 Å². The number of hydrogen-bond donors (Lipinski definition) is 0. The van der Waals surface area contributed by atoms with Crippen LogP contribution in [0.1, 0.15) is 52.7 Å². The Morgan fingerprint density at radius 2 is 1.20 bits per heavy atom. The van der Waals surface area contributed by atoms with Gasteiger partial charge < -0.3 is 9.47 Å². The van der Waals surface area contributed by atoms with Gasteiger partial charge in [0, 0.05) is 5.41 Å². The second kappa shape index (κ2) is 7.88. The molecule has 1 aliphatic heterocycles. The van der Waals surface area contributed by atoms with Crippen LogP contribution in [-0.2, 0) is 24.3 Å². The number of thioether (sulfide) groups is 1. The fourth-order valence-corrected chi connectivity index (χ4v) is 7.93. The molecule has 1 fully saturated rings. The van der Waals surface area contributed by atoms with Gasteiger partial charge in [-0.05, 0) is 40.8 Å². The van der Waals surface area contributed by atoms with Gasteiger partial charge in [-0.3, -0.25) is 4.18 Å².